The van der Waals surface area contributed by atoms with Crippen LogP contribution in [0.25, 0.3) is 0 Å². The van der Waals surface area contributed by atoms with Gasteiger partial charge in [-0.15, -0.1) is 0 Å². The number of hydrogen-bond donors (Lipinski definition) is 2. The van der Waals surface area contributed by atoms with E-state index in [2.05, 4.69) is 10.0 Å². The quantitative estimate of drug-likeness (QED) is 0.807. The Kier molecular flexibility index (Phi) is 6.04. The molecule has 0 saturated carbocycles. The van der Waals surface area contributed by atoms with Crippen molar-refractivity contribution in [3.8, 4) is 0 Å². The Labute approximate surface area is 118 Å². The van der Waals surface area contributed by atoms with Gasteiger partial charge in [-0.05, 0) is 13.0 Å². The molecule has 1 unspecified atom stereocenters. The van der Waals surface area contributed by atoms with Gasteiger partial charge >= 0.3 is 0 Å². The van der Waals surface area contributed by atoms with Gasteiger partial charge in [-0.3, -0.25) is 0 Å². The van der Waals surface area contributed by atoms with Gasteiger partial charge in [-0.1, -0.05) is 19.9 Å². The molecular formula is C13H20F2N2O2S. The van der Waals surface area contributed by atoms with Gasteiger partial charge in [0.1, 0.15) is 11.6 Å². The fourth-order valence-electron chi connectivity index (χ4n) is 1.50. The van der Waals surface area contributed by atoms with Gasteiger partial charge < -0.3 is 5.32 Å². The standard InChI is InChI=1S/C13H20F2N2O2S/c1-9(2)16-7-10(3)20(18,19)17-8-11-4-5-12(14)6-13(11)15/h4-6,9-10,16-17H,7-8H2,1-3H3. The fourth-order valence-corrected chi connectivity index (χ4v) is 2.45. The van der Waals surface area contributed by atoms with Crippen molar-refractivity contribution >= 4 is 10.0 Å². The second-order valence-corrected chi connectivity index (χ2v) is 7.16. The van der Waals surface area contributed by atoms with Crippen LogP contribution in [-0.4, -0.2) is 26.3 Å². The maximum Gasteiger partial charge on any atom is 0.215 e. The molecule has 2 N–H and O–H groups in total. The smallest absolute Gasteiger partial charge is 0.215 e. The van der Waals surface area contributed by atoms with Crippen molar-refractivity contribution in [3.63, 3.8) is 0 Å². The molecule has 114 valence electrons. The number of nitrogens with one attached hydrogen (secondary N) is 2. The highest BCUT2D eigenvalue weighted by Crippen LogP contribution is 2.10. The van der Waals surface area contributed by atoms with Crippen LogP contribution in [0.4, 0.5) is 8.78 Å². The van der Waals surface area contributed by atoms with Crippen molar-refractivity contribution in [1.82, 2.24) is 10.0 Å². The molecule has 0 aliphatic heterocycles. The Balaban J connectivity index is 2.62. The summed E-state index contributed by atoms with van der Waals surface area (Å²) < 4.78 is 52.4. The van der Waals surface area contributed by atoms with Crippen molar-refractivity contribution in [2.45, 2.75) is 38.6 Å². The summed E-state index contributed by atoms with van der Waals surface area (Å²) in [5.74, 6) is -1.45. The Morgan fingerprint density at radius 2 is 1.85 bits per heavy atom. The molecule has 4 nitrogen and oxygen atoms in total. The Morgan fingerprint density at radius 1 is 1.20 bits per heavy atom. The molecule has 20 heavy (non-hydrogen) atoms. The van der Waals surface area contributed by atoms with Gasteiger partial charge in [0.2, 0.25) is 10.0 Å². The lowest BCUT2D eigenvalue weighted by molar-refractivity contribution is 0.537. The summed E-state index contributed by atoms with van der Waals surface area (Å²) >= 11 is 0. The number of hydrogen-bond acceptors (Lipinski definition) is 3. The molecule has 0 radical (unpaired) electrons. The average Bonchev–Trinajstić information content (AvgIpc) is 2.34. The highest BCUT2D eigenvalue weighted by atomic mass is 32.2. The first-order valence-corrected chi connectivity index (χ1v) is 7.93. The molecule has 0 aromatic heterocycles. The summed E-state index contributed by atoms with van der Waals surface area (Å²) in [6, 6.07) is 3.23. The van der Waals surface area contributed by atoms with Crippen molar-refractivity contribution in [2.75, 3.05) is 6.54 Å². The second kappa shape index (κ2) is 7.10. The predicted octanol–water partition coefficient (Wildman–Crippen LogP) is 1.77. The van der Waals surface area contributed by atoms with Crippen LogP contribution < -0.4 is 10.0 Å². The summed E-state index contributed by atoms with van der Waals surface area (Å²) in [6.45, 7) is 5.51. The molecule has 1 aromatic carbocycles. The van der Waals surface area contributed by atoms with Crippen molar-refractivity contribution in [2.24, 2.45) is 0 Å². The third-order valence-corrected chi connectivity index (χ3v) is 4.59. The number of rotatable bonds is 7. The van der Waals surface area contributed by atoms with Gasteiger partial charge in [0, 0.05) is 30.8 Å². The molecule has 0 heterocycles. The van der Waals surface area contributed by atoms with Crippen LogP contribution >= 0.6 is 0 Å². The van der Waals surface area contributed by atoms with E-state index in [-0.39, 0.29) is 18.2 Å². The predicted molar refractivity (Wildman–Crippen MR) is 74.7 cm³/mol. The molecule has 0 bridgehead atoms. The SMILES string of the molecule is CC(C)NCC(C)S(=O)(=O)NCc1ccc(F)cc1F. The van der Waals surface area contributed by atoms with E-state index in [1.165, 1.54) is 6.07 Å². The summed E-state index contributed by atoms with van der Waals surface area (Å²) in [6.07, 6.45) is 0. The monoisotopic (exact) mass is 306 g/mol. The maximum atomic E-state index is 13.4. The van der Waals surface area contributed by atoms with Crippen LogP contribution in [-0.2, 0) is 16.6 Å². The molecule has 7 heteroatoms. The Hall–Kier alpha value is -1.05. The molecular weight excluding hydrogens is 286 g/mol. The lowest BCUT2D eigenvalue weighted by Gasteiger charge is -2.16. The zero-order chi connectivity index (χ0) is 15.3. The van der Waals surface area contributed by atoms with Crippen LogP contribution in [0.5, 0.6) is 0 Å². The maximum absolute atomic E-state index is 13.4. The first-order valence-electron chi connectivity index (χ1n) is 6.38. The minimum Gasteiger partial charge on any atom is -0.313 e. The normalized spacial score (nSPS) is 13.7. The first-order chi connectivity index (χ1) is 9.22. The topological polar surface area (TPSA) is 58.2 Å². The molecule has 0 fully saturated rings. The van der Waals surface area contributed by atoms with E-state index in [9.17, 15) is 17.2 Å². The largest absolute Gasteiger partial charge is 0.313 e. The Bertz CT molecular complexity index is 547. The van der Waals surface area contributed by atoms with E-state index in [1.807, 2.05) is 13.8 Å². The van der Waals surface area contributed by atoms with Gasteiger partial charge in [0.25, 0.3) is 0 Å². The van der Waals surface area contributed by atoms with Crippen LogP contribution in [0.2, 0.25) is 0 Å². The molecule has 1 atom stereocenters. The highest BCUT2D eigenvalue weighted by Gasteiger charge is 2.20. The summed E-state index contributed by atoms with van der Waals surface area (Å²) in [5, 5.41) is 2.38. The highest BCUT2D eigenvalue weighted by molar-refractivity contribution is 7.90. The minimum absolute atomic E-state index is 0.110. The minimum atomic E-state index is -3.55. The first kappa shape index (κ1) is 17.0. The molecule has 0 amide bonds. The van der Waals surface area contributed by atoms with Crippen LogP contribution in [0, 0.1) is 11.6 Å². The van der Waals surface area contributed by atoms with E-state index >= 15 is 0 Å². The van der Waals surface area contributed by atoms with Gasteiger partial charge in [0.15, 0.2) is 0 Å². The van der Waals surface area contributed by atoms with Crippen LogP contribution in [0.1, 0.15) is 26.3 Å². The zero-order valence-corrected chi connectivity index (χ0v) is 12.6. The lowest BCUT2D eigenvalue weighted by atomic mass is 10.2. The van der Waals surface area contributed by atoms with E-state index in [1.54, 1.807) is 6.92 Å². The van der Waals surface area contributed by atoms with Crippen LogP contribution in [0.3, 0.4) is 0 Å². The number of benzene rings is 1. The van der Waals surface area contributed by atoms with E-state index in [4.69, 9.17) is 0 Å². The van der Waals surface area contributed by atoms with Gasteiger partial charge in [-0.25, -0.2) is 21.9 Å². The van der Waals surface area contributed by atoms with Crippen molar-refractivity contribution < 1.29 is 17.2 Å². The summed E-state index contributed by atoms with van der Waals surface area (Å²) in [7, 11) is -3.55. The molecule has 0 spiro atoms. The third kappa shape index (κ3) is 5.15. The van der Waals surface area contributed by atoms with Crippen LogP contribution in [0.15, 0.2) is 18.2 Å². The van der Waals surface area contributed by atoms with Crippen molar-refractivity contribution in [1.29, 1.82) is 0 Å². The van der Waals surface area contributed by atoms with Crippen molar-refractivity contribution in [3.05, 3.63) is 35.4 Å². The number of sulfonamides is 1. The molecule has 0 aliphatic carbocycles. The second-order valence-electron chi connectivity index (χ2n) is 4.98. The lowest BCUT2D eigenvalue weighted by Crippen LogP contribution is -2.40. The van der Waals surface area contributed by atoms with E-state index in [0.717, 1.165) is 12.1 Å². The molecule has 0 saturated heterocycles. The molecule has 1 aromatic rings. The number of halogens is 2. The summed E-state index contributed by atoms with van der Waals surface area (Å²) in [5.41, 5.74) is 0.110. The average molecular weight is 306 g/mol. The van der Waals surface area contributed by atoms with Gasteiger partial charge in [0.05, 0.1) is 5.25 Å². The fraction of sp³-hybridized carbons (Fsp3) is 0.538. The Morgan fingerprint density at radius 3 is 2.40 bits per heavy atom. The molecule has 1 rings (SSSR count). The van der Waals surface area contributed by atoms with E-state index < -0.39 is 26.9 Å². The van der Waals surface area contributed by atoms with Gasteiger partial charge in [-0.2, -0.15) is 0 Å². The molecule has 0 aliphatic rings. The van der Waals surface area contributed by atoms with E-state index in [0.29, 0.717) is 6.54 Å². The summed E-state index contributed by atoms with van der Waals surface area (Å²) in [4.78, 5) is 0. The third-order valence-electron chi connectivity index (χ3n) is 2.82. The zero-order valence-electron chi connectivity index (χ0n) is 11.8.